The lowest BCUT2D eigenvalue weighted by Crippen LogP contribution is -2.34. The zero-order valence-electron chi connectivity index (χ0n) is 15.1. The van der Waals surface area contributed by atoms with Crippen LogP contribution in [0.15, 0.2) is 29.3 Å². The van der Waals surface area contributed by atoms with E-state index in [-0.39, 0.29) is 35.3 Å². The van der Waals surface area contributed by atoms with Crippen molar-refractivity contribution in [1.82, 2.24) is 9.97 Å². The Kier molecular flexibility index (Phi) is 4.97. The van der Waals surface area contributed by atoms with E-state index in [1.807, 2.05) is 0 Å². The maximum absolute atomic E-state index is 13.2. The summed E-state index contributed by atoms with van der Waals surface area (Å²) in [5.41, 5.74) is 11.6. The van der Waals surface area contributed by atoms with Gasteiger partial charge in [0, 0.05) is 17.2 Å². The predicted octanol–water partition coefficient (Wildman–Crippen LogP) is 3.08. The van der Waals surface area contributed by atoms with Crippen molar-refractivity contribution >= 4 is 29.3 Å². The minimum absolute atomic E-state index is 0.0459. The lowest BCUT2D eigenvalue weighted by atomic mass is 9.76. The minimum atomic E-state index is -4.54. The summed E-state index contributed by atoms with van der Waals surface area (Å²) in [4.78, 5) is 24.8. The number of hydrogen-bond donors (Lipinski definition) is 2. The molecule has 1 aromatic heterocycles. The van der Waals surface area contributed by atoms with Gasteiger partial charge in [0.25, 0.3) is 0 Å². The molecule has 0 saturated heterocycles. The lowest BCUT2D eigenvalue weighted by Gasteiger charge is -2.31. The van der Waals surface area contributed by atoms with Crippen LogP contribution in [0.25, 0.3) is 0 Å². The molecule has 1 aliphatic heterocycles. The van der Waals surface area contributed by atoms with Crippen LogP contribution >= 0.6 is 0 Å². The smallest absolute Gasteiger partial charge is 0.416 e. The minimum Gasteiger partial charge on any atom is -0.465 e. The second-order valence-corrected chi connectivity index (χ2v) is 6.29. The van der Waals surface area contributed by atoms with E-state index in [1.54, 1.807) is 13.8 Å². The summed E-state index contributed by atoms with van der Waals surface area (Å²) >= 11 is 0. The highest BCUT2D eigenvalue weighted by Gasteiger charge is 2.42. The number of anilines is 2. The number of nitrogen functional groups attached to an aromatic ring is 2. The third-order valence-corrected chi connectivity index (χ3v) is 4.46. The molecule has 3 rings (SSSR count). The van der Waals surface area contributed by atoms with Crippen LogP contribution in [-0.4, -0.2) is 28.3 Å². The highest BCUT2D eigenvalue weighted by molar-refractivity contribution is 6.05. The van der Waals surface area contributed by atoms with E-state index in [0.29, 0.717) is 5.71 Å². The molecule has 0 aliphatic carbocycles. The van der Waals surface area contributed by atoms with Gasteiger partial charge in [-0.25, -0.2) is 4.99 Å². The Hall–Kier alpha value is -3.17. The van der Waals surface area contributed by atoms with Crippen LogP contribution in [0.5, 0.6) is 0 Å². The van der Waals surface area contributed by atoms with Gasteiger partial charge in [-0.05, 0) is 25.5 Å². The molecule has 4 N–H and O–H groups in total. The van der Waals surface area contributed by atoms with Crippen molar-refractivity contribution < 1.29 is 22.7 Å². The van der Waals surface area contributed by atoms with Crippen LogP contribution in [0.3, 0.4) is 0 Å². The van der Waals surface area contributed by atoms with Crippen LogP contribution in [0.4, 0.5) is 30.8 Å². The number of carbonyl (C=O) groups is 1. The monoisotopic (exact) mass is 393 g/mol. The molecule has 0 fully saturated rings. The van der Waals surface area contributed by atoms with Gasteiger partial charge in [-0.2, -0.15) is 23.1 Å². The van der Waals surface area contributed by atoms with Crippen molar-refractivity contribution in [3.63, 3.8) is 0 Å². The van der Waals surface area contributed by atoms with Gasteiger partial charge in [-0.3, -0.25) is 4.79 Å². The quantitative estimate of drug-likeness (QED) is 0.774. The zero-order valence-corrected chi connectivity index (χ0v) is 15.1. The second kappa shape index (κ2) is 7.10. The molecule has 28 heavy (non-hydrogen) atoms. The van der Waals surface area contributed by atoms with Crippen molar-refractivity contribution in [2.75, 3.05) is 18.1 Å². The van der Waals surface area contributed by atoms with E-state index in [9.17, 15) is 18.0 Å². The van der Waals surface area contributed by atoms with Crippen molar-refractivity contribution in [2.24, 2.45) is 10.9 Å². The fourth-order valence-corrected chi connectivity index (χ4v) is 3.33. The normalized spacial score (nSPS) is 19.0. The summed E-state index contributed by atoms with van der Waals surface area (Å²) in [7, 11) is 0. The number of benzene rings is 1. The Morgan fingerprint density at radius 3 is 2.61 bits per heavy atom. The van der Waals surface area contributed by atoms with Gasteiger partial charge < -0.3 is 16.2 Å². The van der Waals surface area contributed by atoms with Gasteiger partial charge in [-0.15, -0.1) is 0 Å². The van der Waals surface area contributed by atoms with Gasteiger partial charge in [-0.1, -0.05) is 18.2 Å². The van der Waals surface area contributed by atoms with E-state index < -0.39 is 29.5 Å². The molecule has 10 heteroatoms. The number of aromatic nitrogens is 2. The molecule has 0 saturated carbocycles. The molecule has 148 valence electrons. The number of ether oxygens (including phenoxy) is 1. The Balaban J connectivity index is 2.25. The fraction of sp³-hybridized carbons (Fsp3) is 0.333. The first kappa shape index (κ1) is 19.6. The first-order chi connectivity index (χ1) is 13.1. The number of fused-ring (bicyclic) bond motifs is 1. The molecule has 2 heterocycles. The maximum atomic E-state index is 13.2. The number of aliphatic imine (C=N–C) groups is 1. The zero-order chi connectivity index (χ0) is 20.6. The number of esters is 1. The number of halogens is 3. The summed E-state index contributed by atoms with van der Waals surface area (Å²) in [5.74, 6) is -2.51. The first-order valence-electron chi connectivity index (χ1n) is 8.45. The molecule has 0 amide bonds. The van der Waals surface area contributed by atoms with E-state index in [0.717, 1.165) is 12.1 Å². The van der Waals surface area contributed by atoms with Crippen LogP contribution in [0, 0.1) is 5.92 Å². The van der Waals surface area contributed by atoms with Crippen LogP contribution in [-0.2, 0) is 15.7 Å². The highest BCUT2D eigenvalue weighted by Crippen LogP contribution is 2.45. The van der Waals surface area contributed by atoms with E-state index in [2.05, 4.69) is 15.0 Å². The van der Waals surface area contributed by atoms with Crippen LogP contribution < -0.4 is 11.5 Å². The summed E-state index contributed by atoms with van der Waals surface area (Å²) in [6, 6.07) is 4.70. The van der Waals surface area contributed by atoms with Gasteiger partial charge in [0.1, 0.15) is 11.7 Å². The molecule has 7 nitrogen and oxygen atoms in total. The van der Waals surface area contributed by atoms with Gasteiger partial charge in [0.2, 0.25) is 5.95 Å². The van der Waals surface area contributed by atoms with Crippen LogP contribution in [0.2, 0.25) is 0 Å². The number of alkyl halides is 3. The van der Waals surface area contributed by atoms with Gasteiger partial charge >= 0.3 is 12.1 Å². The second-order valence-electron chi connectivity index (χ2n) is 6.29. The van der Waals surface area contributed by atoms with Crippen molar-refractivity contribution in [3.8, 4) is 0 Å². The predicted molar refractivity (Wildman–Crippen MR) is 97.0 cm³/mol. The lowest BCUT2D eigenvalue weighted by molar-refractivity contribution is -0.146. The molecule has 2 unspecified atom stereocenters. The largest absolute Gasteiger partial charge is 0.465 e. The number of carbonyl (C=O) groups excluding carboxylic acids is 1. The molecular weight excluding hydrogens is 375 g/mol. The van der Waals surface area contributed by atoms with E-state index in [1.165, 1.54) is 12.1 Å². The Morgan fingerprint density at radius 2 is 1.96 bits per heavy atom. The summed E-state index contributed by atoms with van der Waals surface area (Å²) < 4.78 is 44.8. The third kappa shape index (κ3) is 3.49. The molecular formula is C18H18F3N5O2. The summed E-state index contributed by atoms with van der Waals surface area (Å²) in [6.45, 7) is 3.33. The Labute approximate surface area is 158 Å². The van der Waals surface area contributed by atoms with E-state index in [4.69, 9.17) is 16.2 Å². The average molecular weight is 393 g/mol. The molecule has 2 aromatic rings. The summed E-state index contributed by atoms with van der Waals surface area (Å²) in [5, 5.41) is 0. The molecule has 0 spiro atoms. The Bertz CT molecular complexity index is 959. The van der Waals surface area contributed by atoms with Crippen LogP contribution in [0.1, 0.15) is 36.5 Å². The highest BCUT2D eigenvalue weighted by atomic mass is 19.4. The topological polar surface area (TPSA) is 116 Å². The third-order valence-electron chi connectivity index (χ3n) is 4.46. The van der Waals surface area contributed by atoms with Crippen molar-refractivity contribution in [2.45, 2.75) is 25.9 Å². The molecule has 0 radical (unpaired) electrons. The number of nitrogens with zero attached hydrogens (tertiary/aromatic N) is 3. The fourth-order valence-electron chi connectivity index (χ4n) is 3.33. The van der Waals surface area contributed by atoms with Gasteiger partial charge in [0.05, 0.1) is 12.2 Å². The first-order valence-corrected chi connectivity index (χ1v) is 8.45. The molecule has 2 atom stereocenters. The van der Waals surface area contributed by atoms with E-state index >= 15 is 0 Å². The number of hydrogen-bond acceptors (Lipinski definition) is 7. The SMILES string of the molecule is CCOC(=O)C1C(C)=Nc2nc(N)nc(N)c2C1c1cccc(C(F)(F)F)c1. The maximum Gasteiger partial charge on any atom is 0.416 e. The molecule has 1 aromatic carbocycles. The van der Waals surface area contributed by atoms with Crippen molar-refractivity contribution in [1.29, 1.82) is 0 Å². The number of nitrogens with two attached hydrogens (primary N) is 2. The number of rotatable bonds is 3. The molecule has 0 bridgehead atoms. The van der Waals surface area contributed by atoms with Crippen molar-refractivity contribution in [3.05, 3.63) is 41.0 Å². The summed E-state index contributed by atoms with van der Waals surface area (Å²) in [6.07, 6.45) is -4.54. The Morgan fingerprint density at radius 1 is 1.25 bits per heavy atom. The molecule has 1 aliphatic rings. The van der Waals surface area contributed by atoms with Gasteiger partial charge in [0.15, 0.2) is 5.82 Å². The standard InChI is InChI=1S/C18H18F3N5O2/c1-3-28-16(27)11-8(2)24-15-13(14(22)25-17(23)26-15)12(11)9-5-4-6-10(7-9)18(19,20)21/h4-7,11-12H,3H2,1-2H3,(H4,22,23,25,26). The average Bonchev–Trinajstić information content (AvgIpc) is 2.59.